The van der Waals surface area contributed by atoms with Gasteiger partial charge < -0.3 is 9.47 Å². The fraction of sp³-hybridized carbons (Fsp3) is 0.227. The van der Waals surface area contributed by atoms with Gasteiger partial charge in [-0.3, -0.25) is 9.36 Å². The number of thiazole rings is 1. The lowest BCUT2D eigenvalue weighted by atomic mass is 9.96. The minimum Gasteiger partial charge on any atom is -0.497 e. The number of rotatable bonds is 4. The summed E-state index contributed by atoms with van der Waals surface area (Å²) in [6.45, 7) is 3.78. The van der Waals surface area contributed by atoms with Gasteiger partial charge in [-0.05, 0) is 54.6 Å². The Bertz CT molecular complexity index is 1330. The van der Waals surface area contributed by atoms with Crippen molar-refractivity contribution in [2.75, 3.05) is 14.2 Å². The third-order valence-corrected chi connectivity index (χ3v) is 6.97. The molecular formula is C22H20N2O4S2. The molecule has 1 aliphatic heterocycles. The predicted octanol–water partition coefficient (Wildman–Crippen LogP) is 2.79. The van der Waals surface area contributed by atoms with Crippen LogP contribution in [0.2, 0.25) is 0 Å². The molecule has 0 fully saturated rings. The molecule has 0 amide bonds. The van der Waals surface area contributed by atoms with E-state index in [1.807, 2.05) is 48.7 Å². The van der Waals surface area contributed by atoms with Gasteiger partial charge in [-0.1, -0.05) is 23.5 Å². The van der Waals surface area contributed by atoms with Crippen LogP contribution in [0.5, 0.6) is 5.75 Å². The molecule has 6 nitrogen and oxygen atoms in total. The summed E-state index contributed by atoms with van der Waals surface area (Å²) in [5.41, 5.74) is 2.62. The van der Waals surface area contributed by atoms with Crippen molar-refractivity contribution in [3.8, 4) is 5.75 Å². The second kappa shape index (κ2) is 8.04. The van der Waals surface area contributed by atoms with Crippen molar-refractivity contribution < 1.29 is 14.3 Å². The van der Waals surface area contributed by atoms with Gasteiger partial charge in [-0.25, -0.2) is 9.79 Å². The molecule has 1 aliphatic rings. The summed E-state index contributed by atoms with van der Waals surface area (Å²) in [5, 5.41) is 2.00. The normalized spacial score (nSPS) is 16.3. The molecule has 3 aromatic rings. The summed E-state index contributed by atoms with van der Waals surface area (Å²) in [4.78, 5) is 32.2. The third-order valence-electron chi connectivity index (χ3n) is 5.02. The lowest BCUT2D eigenvalue weighted by molar-refractivity contribution is -0.136. The Labute approximate surface area is 181 Å². The highest BCUT2D eigenvalue weighted by atomic mass is 32.1. The van der Waals surface area contributed by atoms with Crippen LogP contribution in [-0.4, -0.2) is 24.8 Å². The molecule has 154 valence electrons. The molecule has 1 aromatic carbocycles. The maximum absolute atomic E-state index is 13.4. The van der Waals surface area contributed by atoms with Gasteiger partial charge in [0, 0.05) is 4.88 Å². The first-order valence-electron chi connectivity index (χ1n) is 9.23. The summed E-state index contributed by atoms with van der Waals surface area (Å²) in [6, 6.07) is 8.73. The van der Waals surface area contributed by atoms with E-state index >= 15 is 0 Å². The molecule has 0 saturated heterocycles. The number of hydrogen-bond donors (Lipinski definition) is 0. The fourth-order valence-corrected chi connectivity index (χ4v) is 5.41. The highest BCUT2D eigenvalue weighted by molar-refractivity contribution is 7.11. The Kier molecular flexibility index (Phi) is 5.44. The zero-order valence-electron chi connectivity index (χ0n) is 17.0. The van der Waals surface area contributed by atoms with Crippen molar-refractivity contribution in [1.82, 2.24) is 4.57 Å². The molecule has 0 N–H and O–H groups in total. The van der Waals surface area contributed by atoms with E-state index in [1.165, 1.54) is 18.4 Å². The average Bonchev–Trinajstić information content (AvgIpc) is 3.29. The van der Waals surface area contributed by atoms with Gasteiger partial charge in [0.2, 0.25) is 0 Å². The van der Waals surface area contributed by atoms with Crippen molar-refractivity contribution in [1.29, 1.82) is 0 Å². The van der Waals surface area contributed by atoms with Gasteiger partial charge in [0.1, 0.15) is 5.75 Å². The van der Waals surface area contributed by atoms with Crippen LogP contribution in [0, 0.1) is 6.92 Å². The molecule has 2 aromatic heterocycles. The topological polar surface area (TPSA) is 69.9 Å². The SMILES string of the molecule is COC(=O)C1=C(C)N=c2s/c(=C/c3sccc3C)c(=O)n2[C@@H]1c1ccc(OC)cc1. The quantitative estimate of drug-likeness (QED) is 0.585. The first-order chi connectivity index (χ1) is 14.4. The van der Waals surface area contributed by atoms with Crippen molar-refractivity contribution >= 4 is 34.7 Å². The smallest absolute Gasteiger partial charge is 0.338 e. The monoisotopic (exact) mass is 440 g/mol. The lowest BCUT2D eigenvalue weighted by Crippen LogP contribution is -2.39. The molecule has 1 atom stereocenters. The minimum absolute atomic E-state index is 0.179. The van der Waals surface area contributed by atoms with E-state index in [0.717, 1.165) is 16.0 Å². The van der Waals surface area contributed by atoms with Crippen LogP contribution in [0.1, 0.15) is 29.0 Å². The van der Waals surface area contributed by atoms with Gasteiger partial charge in [0.15, 0.2) is 4.80 Å². The highest BCUT2D eigenvalue weighted by Gasteiger charge is 2.33. The number of fused-ring (bicyclic) bond motifs is 1. The lowest BCUT2D eigenvalue weighted by Gasteiger charge is -2.24. The first-order valence-corrected chi connectivity index (χ1v) is 10.9. The van der Waals surface area contributed by atoms with Gasteiger partial charge in [-0.15, -0.1) is 11.3 Å². The number of aryl methyl sites for hydroxylation is 1. The number of methoxy groups -OCH3 is 2. The molecule has 4 rings (SSSR count). The number of nitrogens with zero attached hydrogens (tertiary/aromatic N) is 2. The number of carbonyl (C=O) groups is 1. The van der Waals surface area contributed by atoms with Crippen LogP contribution < -0.4 is 19.6 Å². The predicted molar refractivity (Wildman–Crippen MR) is 118 cm³/mol. The Balaban J connectivity index is 1.97. The molecule has 0 aliphatic carbocycles. The van der Waals surface area contributed by atoms with Crippen molar-refractivity contribution in [3.05, 3.63) is 82.7 Å². The molecule has 8 heteroatoms. The molecular weight excluding hydrogens is 420 g/mol. The second-order valence-corrected chi connectivity index (χ2v) is 8.77. The number of ether oxygens (including phenoxy) is 2. The largest absolute Gasteiger partial charge is 0.497 e. The Morgan fingerprint density at radius 2 is 1.90 bits per heavy atom. The fourth-order valence-electron chi connectivity index (χ4n) is 3.45. The van der Waals surface area contributed by atoms with Gasteiger partial charge in [0.05, 0.1) is 36.1 Å². The molecule has 3 heterocycles. The minimum atomic E-state index is -0.619. The molecule has 0 radical (unpaired) electrons. The summed E-state index contributed by atoms with van der Waals surface area (Å²) in [6.07, 6.45) is 1.89. The van der Waals surface area contributed by atoms with E-state index in [9.17, 15) is 9.59 Å². The van der Waals surface area contributed by atoms with Crippen LogP contribution in [-0.2, 0) is 9.53 Å². The number of carbonyl (C=O) groups excluding carboxylic acids is 1. The van der Waals surface area contributed by atoms with E-state index in [2.05, 4.69) is 4.99 Å². The maximum atomic E-state index is 13.4. The van der Waals surface area contributed by atoms with Crippen LogP contribution in [0.3, 0.4) is 0 Å². The zero-order valence-corrected chi connectivity index (χ0v) is 18.6. The van der Waals surface area contributed by atoms with Crippen molar-refractivity contribution in [3.63, 3.8) is 0 Å². The standard InChI is InChI=1S/C22H20N2O4S2/c1-12-9-10-29-16(12)11-17-20(25)24-19(14-5-7-15(27-3)8-6-14)18(21(26)28-4)13(2)23-22(24)30-17/h5-11,19H,1-4H3/b17-11+/t19-/m1/s1. The van der Waals surface area contributed by atoms with Gasteiger partial charge in [-0.2, -0.15) is 0 Å². The average molecular weight is 441 g/mol. The Morgan fingerprint density at radius 1 is 1.17 bits per heavy atom. The van der Waals surface area contributed by atoms with Crippen molar-refractivity contribution in [2.24, 2.45) is 4.99 Å². The molecule has 30 heavy (non-hydrogen) atoms. The van der Waals surface area contributed by atoms with Crippen LogP contribution in [0.15, 0.2) is 56.8 Å². The highest BCUT2D eigenvalue weighted by Crippen LogP contribution is 2.31. The summed E-state index contributed by atoms with van der Waals surface area (Å²) < 4.78 is 12.4. The summed E-state index contributed by atoms with van der Waals surface area (Å²) in [7, 11) is 2.92. The Morgan fingerprint density at radius 3 is 2.50 bits per heavy atom. The Hall–Kier alpha value is -2.97. The second-order valence-electron chi connectivity index (χ2n) is 6.81. The number of benzene rings is 1. The number of aromatic nitrogens is 1. The van der Waals surface area contributed by atoms with E-state index in [1.54, 1.807) is 29.9 Å². The van der Waals surface area contributed by atoms with E-state index in [4.69, 9.17) is 9.47 Å². The molecule has 0 saturated carbocycles. The van der Waals surface area contributed by atoms with Gasteiger partial charge in [0.25, 0.3) is 5.56 Å². The molecule has 0 bridgehead atoms. The van der Waals surface area contributed by atoms with E-state index in [-0.39, 0.29) is 5.56 Å². The zero-order chi connectivity index (χ0) is 21.4. The number of hydrogen-bond acceptors (Lipinski definition) is 7. The molecule has 0 spiro atoms. The van der Waals surface area contributed by atoms with Crippen LogP contribution >= 0.6 is 22.7 Å². The first kappa shape index (κ1) is 20.3. The third kappa shape index (κ3) is 3.42. The van der Waals surface area contributed by atoms with Crippen LogP contribution in [0.4, 0.5) is 0 Å². The number of esters is 1. The summed E-state index contributed by atoms with van der Waals surface area (Å²) >= 11 is 2.91. The molecule has 0 unspecified atom stereocenters. The number of allylic oxidation sites excluding steroid dienone is 1. The van der Waals surface area contributed by atoms with Crippen molar-refractivity contribution in [2.45, 2.75) is 19.9 Å². The van der Waals surface area contributed by atoms with E-state index in [0.29, 0.717) is 26.4 Å². The maximum Gasteiger partial charge on any atom is 0.338 e. The number of thiophene rings is 1. The van der Waals surface area contributed by atoms with Crippen LogP contribution in [0.25, 0.3) is 6.08 Å². The summed E-state index contributed by atoms with van der Waals surface area (Å²) in [5.74, 6) is 0.195. The van der Waals surface area contributed by atoms with E-state index < -0.39 is 12.0 Å². The van der Waals surface area contributed by atoms with Gasteiger partial charge >= 0.3 is 5.97 Å².